The zero-order chi connectivity index (χ0) is 27.7. The van der Waals surface area contributed by atoms with E-state index in [1.54, 1.807) is 6.20 Å². The van der Waals surface area contributed by atoms with Crippen molar-refractivity contribution in [2.45, 2.75) is 102 Å². The molecule has 39 heavy (non-hydrogen) atoms. The first kappa shape index (κ1) is 31.2. The molecule has 0 fully saturated rings. The van der Waals surface area contributed by atoms with Gasteiger partial charge < -0.3 is 15.7 Å². The Morgan fingerprint density at radius 3 is 2.59 bits per heavy atom. The summed E-state index contributed by atoms with van der Waals surface area (Å²) >= 11 is 4.70. The van der Waals surface area contributed by atoms with Gasteiger partial charge in [0.25, 0.3) is 0 Å². The maximum Gasteiger partial charge on any atom is 0.337 e. The quantitative estimate of drug-likeness (QED) is 0.0802. The molecule has 0 bridgehead atoms. The number of thiol groups is 1. The largest absolute Gasteiger partial charge is 0.478 e. The Kier molecular flexibility index (Phi) is 14.5. The third-order valence-corrected chi connectivity index (χ3v) is 8.32. The minimum Gasteiger partial charge on any atom is -0.478 e. The lowest BCUT2D eigenvalue weighted by molar-refractivity contribution is 0.0697. The molecule has 1 aromatic carbocycles. The Morgan fingerprint density at radius 1 is 1.10 bits per heavy atom. The van der Waals surface area contributed by atoms with Crippen molar-refractivity contribution in [3.05, 3.63) is 71.1 Å². The number of carbonyl (C=O) groups is 1. The summed E-state index contributed by atoms with van der Waals surface area (Å²) in [5, 5.41) is 16.3. The predicted octanol–water partition coefficient (Wildman–Crippen LogP) is 8.35. The Balaban J connectivity index is 1.41. The van der Waals surface area contributed by atoms with E-state index in [-0.39, 0.29) is 11.6 Å². The number of carboxylic acids is 1. The molecule has 1 aliphatic heterocycles. The van der Waals surface area contributed by atoms with Gasteiger partial charge >= 0.3 is 5.97 Å². The fourth-order valence-electron chi connectivity index (χ4n) is 5.51. The van der Waals surface area contributed by atoms with Gasteiger partial charge in [-0.1, -0.05) is 82.2 Å². The monoisotopic (exact) mass is 551 g/mol. The lowest BCUT2D eigenvalue weighted by Crippen LogP contribution is -2.34. The van der Waals surface area contributed by atoms with Crippen LogP contribution in [0.2, 0.25) is 0 Å². The van der Waals surface area contributed by atoms with Crippen molar-refractivity contribution in [2.24, 2.45) is 0 Å². The smallest absolute Gasteiger partial charge is 0.337 e. The molecule has 2 atom stereocenters. The Morgan fingerprint density at radius 2 is 1.85 bits per heavy atom. The van der Waals surface area contributed by atoms with Crippen LogP contribution in [0.3, 0.4) is 0 Å². The van der Waals surface area contributed by atoms with E-state index >= 15 is 0 Å². The number of unbranched alkanes of at least 4 members (excludes halogenated alkanes) is 9. The molecular weight excluding hydrogens is 502 g/mol. The van der Waals surface area contributed by atoms with Gasteiger partial charge in [0.05, 0.1) is 17.4 Å². The van der Waals surface area contributed by atoms with Crippen LogP contribution in [-0.4, -0.2) is 34.9 Å². The summed E-state index contributed by atoms with van der Waals surface area (Å²) in [7, 11) is 0. The molecule has 6 heteroatoms. The van der Waals surface area contributed by atoms with Gasteiger partial charge in [-0.05, 0) is 79.5 Å². The van der Waals surface area contributed by atoms with Crippen molar-refractivity contribution in [1.82, 2.24) is 10.3 Å². The summed E-state index contributed by atoms with van der Waals surface area (Å²) in [6, 6.07) is 8.59. The first-order chi connectivity index (χ1) is 19.1. The van der Waals surface area contributed by atoms with Crippen LogP contribution in [0.4, 0.5) is 5.69 Å². The van der Waals surface area contributed by atoms with Gasteiger partial charge in [-0.15, -0.1) is 0 Å². The van der Waals surface area contributed by atoms with Crippen LogP contribution in [0.25, 0.3) is 0 Å². The van der Waals surface area contributed by atoms with Crippen LogP contribution < -0.4 is 10.6 Å². The molecular formula is C33H49N3O2S. The molecule has 0 saturated carbocycles. The fourth-order valence-corrected chi connectivity index (χ4v) is 5.91. The number of nitrogens with one attached hydrogen (secondary N) is 2. The number of fused-ring (bicyclic) bond motifs is 1. The molecule has 2 aromatic rings. The first-order valence-electron chi connectivity index (χ1n) is 15.2. The Labute approximate surface area is 241 Å². The first-order valence-corrected chi connectivity index (χ1v) is 15.8. The van der Waals surface area contributed by atoms with Crippen molar-refractivity contribution < 1.29 is 9.90 Å². The van der Waals surface area contributed by atoms with Gasteiger partial charge in [0.15, 0.2) is 0 Å². The van der Waals surface area contributed by atoms with Gasteiger partial charge in [0, 0.05) is 18.8 Å². The average molecular weight is 552 g/mol. The number of hydrogen-bond donors (Lipinski definition) is 4. The zero-order valence-electron chi connectivity index (χ0n) is 23.8. The summed E-state index contributed by atoms with van der Waals surface area (Å²) in [5.74, 6) is 0.417. The molecule has 0 saturated heterocycles. The number of anilines is 1. The minimum absolute atomic E-state index is 0.133. The topological polar surface area (TPSA) is 74.2 Å². The average Bonchev–Trinajstić information content (AvgIpc) is 2.96. The third-order valence-electron chi connectivity index (χ3n) is 7.88. The van der Waals surface area contributed by atoms with Crippen LogP contribution in [0, 0.1) is 0 Å². The van der Waals surface area contributed by atoms with Crippen molar-refractivity contribution in [2.75, 3.05) is 24.2 Å². The Bertz CT molecular complexity index is 1030. The zero-order valence-corrected chi connectivity index (χ0v) is 24.7. The SMILES string of the molecule is CCCCCCCC/C=C\CCCCCC(CS)c1ccc2c(c1)CCN[C@@H]2CNc1cnccc1C(=O)O. The number of carboxylic acid groups (broad SMARTS) is 1. The fraction of sp³-hybridized carbons (Fsp3) is 0.576. The molecule has 214 valence electrons. The lowest BCUT2D eigenvalue weighted by Gasteiger charge is -2.29. The van der Waals surface area contributed by atoms with Gasteiger partial charge in [0.2, 0.25) is 0 Å². The van der Waals surface area contributed by atoms with Crippen LogP contribution >= 0.6 is 12.6 Å². The van der Waals surface area contributed by atoms with E-state index in [4.69, 9.17) is 12.6 Å². The second-order valence-electron chi connectivity index (χ2n) is 10.9. The molecule has 1 unspecified atom stereocenters. The van der Waals surface area contributed by atoms with Gasteiger partial charge in [0.1, 0.15) is 0 Å². The Hall–Kier alpha value is -2.31. The molecule has 0 radical (unpaired) electrons. The van der Waals surface area contributed by atoms with E-state index in [0.717, 1.165) is 18.7 Å². The summed E-state index contributed by atoms with van der Waals surface area (Å²) in [6.07, 6.45) is 24.6. The molecule has 0 spiro atoms. The standard InChI is InChI=1S/C33H49N3O2S/c1-2-3-4-5-6-7-8-9-10-11-12-13-14-15-28(25-39)26-16-17-29-27(22-26)18-21-35-32(29)24-36-31-23-34-20-19-30(31)33(37)38/h9-10,16-17,19-20,22-23,28,32,35-36,39H,2-8,11-15,18,21,24-25H2,1H3,(H,37,38)/b10-9-/t28?,32-/m1/s1. The molecule has 3 N–H and O–H groups in total. The van der Waals surface area contributed by atoms with E-state index < -0.39 is 5.97 Å². The molecule has 1 aromatic heterocycles. The second kappa shape index (κ2) is 18.1. The predicted molar refractivity (Wildman–Crippen MR) is 167 cm³/mol. The highest BCUT2D eigenvalue weighted by Crippen LogP contribution is 2.30. The number of aromatic nitrogens is 1. The number of pyridine rings is 1. The molecule has 1 aliphatic rings. The van der Waals surface area contributed by atoms with E-state index in [1.807, 2.05) is 0 Å². The molecule has 5 nitrogen and oxygen atoms in total. The maximum atomic E-state index is 11.5. The lowest BCUT2D eigenvalue weighted by atomic mass is 9.87. The van der Waals surface area contributed by atoms with Gasteiger partial charge in [-0.3, -0.25) is 4.98 Å². The summed E-state index contributed by atoms with van der Waals surface area (Å²) < 4.78 is 0. The number of benzene rings is 1. The van der Waals surface area contributed by atoms with Crippen LogP contribution in [0.1, 0.15) is 123 Å². The van der Waals surface area contributed by atoms with E-state index in [9.17, 15) is 9.90 Å². The molecule has 2 heterocycles. The summed E-state index contributed by atoms with van der Waals surface area (Å²) in [5.41, 5.74) is 4.89. The van der Waals surface area contributed by atoms with E-state index in [1.165, 1.54) is 106 Å². The van der Waals surface area contributed by atoms with Crippen LogP contribution in [0.5, 0.6) is 0 Å². The van der Waals surface area contributed by atoms with Crippen molar-refractivity contribution >= 4 is 24.3 Å². The van der Waals surface area contributed by atoms with Crippen LogP contribution in [0.15, 0.2) is 48.8 Å². The van der Waals surface area contributed by atoms with Gasteiger partial charge in [-0.2, -0.15) is 12.6 Å². The number of aromatic carboxylic acids is 1. The van der Waals surface area contributed by atoms with E-state index in [0.29, 0.717) is 18.2 Å². The highest BCUT2D eigenvalue weighted by Gasteiger charge is 2.22. The number of allylic oxidation sites excluding steroid dienone is 2. The number of hydrogen-bond acceptors (Lipinski definition) is 5. The molecule has 3 rings (SSSR count). The van der Waals surface area contributed by atoms with Crippen LogP contribution in [-0.2, 0) is 6.42 Å². The van der Waals surface area contributed by atoms with Crippen molar-refractivity contribution in [3.8, 4) is 0 Å². The van der Waals surface area contributed by atoms with Gasteiger partial charge in [-0.25, -0.2) is 4.79 Å². The normalized spacial score (nSPS) is 15.8. The van der Waals surface area contributed by atoms with Crippen molar-refractivity contribution in [3.63, 3.8) is 0 Å². The minimum atomic E-state index is -0.945. The summed E-state index contributed by atoms with van der Waals surface area (Å²) in [6.45, 7) is 3.80. The van der Waals surface area contributed by atoms with E-state index in [2.05, 4.69) is 52.9 Å². The highest BCUT2D eigenvalue weighted by molar-refractivity contribution is 7.80. The van der Waals surface area contributed by atoms with Crippen molar-refractivity contribution in [1.29, 1.82) is 0 Å². The molecule has 0 aliphatic carbocycles. The third kappa shape index (κ3) is 10.6. The summed E-state index contributed by atoms with van der Waals surface area (Å²) in [4.78, 5) is 15.6. The number of nitrogens with zero attached hydrogens (tertiary/aromatic N) is 1. The molecule has 0 amide bonds. The highest BCUT2D eigenvalue weighted by atomic mass is 32.1. The maximum absolute atomic E-state index is 11.5. The second-order valence-corrected chi connectivity index (χ2v) is 11.2. The number of rotatable bonds is 19.